The van der Waals surface area contributed by atoms with Crippen molar-refractivity contribution in [2.75, 3.05) is 7.11 Å². The Balaban J connectivity index is 1.68. The van der Waals surface area contributed by atoms with Crippen LogP contribution in [0.2, 0.25) is 5.02 Å². The molecule has 0 bridgehead atoms. The number of rotatable bonds is 9. The molecule has 1 atom stereocenters. The zero-order valence-electron chi connectivity index (χ0n) is 19.2. The topological polar surface area (TPSA) is 58.6 Å². The van der Waals surface area contributed by atoms with E-state index in [2.05, 4.69) is 5.32 Å². The average molecular weight is 497 g/mol. The fraction of sp³-hybridized carbons (Fsp3) is 0.333. The molecule has 1 aromatic heterocycles. The Morgan fingerprint density at radius 1 is 1.09 bits per heavy atom. The first-order valence-electron chi connectivity index (χ1n) is 11.5. The number of benzene rings is 2. The van der Waals surface area contributed by atoms with Gasteiger partial charge in [0.25, 0.3) is 0 Å². The van der Waals surface area contributed by atoms with Crippen molar-refractivity contribution in [3.05, 3.63) is 87.1 Å². The minimum Gasteiger partial charge on any atom is -0.497 e. The van der Waals surface area contributed by atoms with E-state index >= 15 is 0 Å². The molecule has 2 amide bonds. The van der Waals surface area contributed by atoms with Crippen LogP contribution in [-0.2, 0) is 22.6 Å². The van der Waals surface area contributed by atoms with Gasteiger partial charge in [0.05, 0.1) is 13.5 Å². The van der Waals surface area contributed by atoms with Gasteiger partial charge in [-0.25, -0.2) is 0 Å². The van der Waals surface area contributed by atoms with Crippen molar-refractivity contribution in [2.45, 2.75) is 50.7 Å². The third-order valence-electron chi connectivity index (χ3n) is 6.19. The number of nitrogens with one attached hydrogen (secondary N) is 1. The molecule has 34 heavy (non-hydrogen) atoms. The first-order chi connectivity index (χ1) is 16.5. The number of ether oxygens (including phenoxy) is 1. The van der Waals surface area contributed by atoms with Crippen LogP contribution in [0.25, 0.3) is 0 Å². The molecule has 0 unspecified atom stereocenters. The second kappa shape index (κ2) is 11.5. The number of carbonyl (C=O) groups excluding carboxylic acids is 2. The largest absolute Gasteiger partial charge is 0.497 e. The molecule has 2 aromatic carbocycles. The van der Waals surface area contributed by atoms with Gasteiger partial charge in [-0.05, 0) is 59.7 Å². The number of methoxy groups -OCH3 is 1. The summed E-state index contributed by atoms with van der Waals surface area (Å²) in [6, 6.07) is 18.1. The molecular weight excluding hydrogens is 468 g/mol. The third kappa shape index (κ3) is 6.19. The van der Waals surface area contributed by atoms with E-state index < -0.39 is 6.04 Å². The molecule has 1 saturated carbocycles. The van der Waals surface area contributed by atoms with Crippen molar-refractivity contribution in [3.8, 4) is 5.75 Å². The molecule has 1 aliphatic rings. The van der Waals surface area contributed by atoms with Gasteiger partial charge < -0.3 is 15.0 Å². The molecule has 1 aliphatic carbocycles. The Hall–Kier alpha value is -2.83. The van der Waals surface area contributed by atoms with Gasteiger partial charge in [-0.15, -0.1) is 11.3 Å². The highest BCUT2D eigenvalue weighted by molar-refractivity contribution is 7.10. The fourth-order valence-electron chi connectivity index (χ4n) is 4.38. The Morgan fingerprint density at radius 2 is 1.79 bits per heavy atom. The second-order valence-corrected chi connectivity index (χ2v) is 10.0. The molecule has 0 aliphatic heterocycles. The molecule has 5 nitrogen and oxygen atoms in total. The zero-order valence-corrected chi connectivity index (χ0v) is 20.8. The Kier molecular flexibility index (Phi) is 8.25. The number of amides is 2. The van der Waals surface area contributed by atoms with E-state index in [1.807, 2.05) is 53.9 Å². The Labute approximate surface area is 209 Å². The van der Waals surface area contributed by atoms with Crippen LogP contribution in [0, 0.1) is 0 Å². The van der Waals surface area contributed by atoms with Crippen molar-refractivity contribution < 1.29 is 14.3 Å². The molecule has 1 N–H and O–H groups in total. The highest BCUT2D eigenvalue weighted by atomic mass is 35.5. The maximum absolute atomic E-state index is 13.7. The van der Waals surface area contributed by atoms with Crippen LogP contribution < -0.4 is 10.1 Å². The number of carbonyl (C=O) groups is 2. The summed E-state index contributed by atoms with van der Waals surface area (Å²) in [6.07, 6.45) is 4.42. The molecule has 1 fully saturated rings. The normalized spacial score (nSPS) is 14.5. The summed E-state index contributed by atoms with van der Waals surface area (Å²) < 4.78 is 5.28. The minimum absolute atomic E-state index is 0.0974. The number of hydrogen-bond donors (Lipinski definition) is 1. The first kappa shape index (κ1) is 24.3. The van der Waals surface area contributed by atoms with Crippen LogP contribution in [0.3, 0.4) is 0 Å². The van der Waals surface area contributed by atoms with Crippen molar-refractivity contribution in [1.29, 1.82) is 0 Å². The van der Waals surface area contributed by atoms with E-state index in [0.717, 1.165) is 47.4 Å². The number of thiophene rings is 1. The van der Waals surface area contributed by atoms with E-state index in [1.165, 1.54) is 0 Å². The van der Waals surface area contributed by atoms with Gasteiger partial charge in [0.2, 0.25) is 11.8 Å². The maximum Gasteiger partial charge on any atom is 0.247 e. The summed E-state index contributed by atoms with van der Waals surface area (Å²) in [5, 5.41) is 5.75. The van der Waals surface area contributed by atoms with E-state index in [1.54, 1.807) is 35.5 Å². The van der Waals surface area contributed by atoms with Gasteiger partial charge in [-0.3, -0.25) is 9.59 Å². The summed E-state index contributed by atoms with van der Waals surface area (Å²) in [6.45, 7) is 0.305. The quantitative estimate of drug-likeness (QED) is 0.408. The smallest absolute Gasteiger partial charge is 0.247 e. The molecule has 0 spiro atoms. The Morgan fingerprint density at radius 3 is 2.41 bits per heavy atom. The fourth-order valence-corrected chi connectivity index (χ4v) is 5.20. The lowest BCUT2D eigenvalue weighted by Crippen LogP contribution is -2.46. The Bertz CT molecular complexity index is 1080. The summed E-state index contributed by atoms with van der Waals surface area (Å²) in [7, 11) is 1.62. The summed E-state index contributed by atoms with van der Waals surface area (Å²) in [5.41, 5.74) is 1.67. The predicted molar refractivity (Wildman–Crippen MR) is 136 cm³/mol. The molecule has 4 rings (SSSR count). The van der Waals surface area contributed by atoms with E-state index in [0.29, 0.717) is 11.6 Å². The number of nitrogens with zero attached hydrogens (tertiary/aromatic N) is 1. The van der Waals surface area contributed by atoms with E-state index in [9.17, 15) is 9.59 Å². The van der Waals surface area contributed by atoms with Crippen LogP contribution in [0.4, 0.5) is 0 Å². The van der Waals surface area contributed by atoms with Crippen LogP contribution in [0.15, 0.2) is 66.0 Å². The third-order valence-corrected chi connectivity index (χ3v) is 7.31. The zero-order chi connectivity index (χ0) is 23.9. The van der Waals surface area contributed by atoms with Gasteiger partial charge in [0.15, 0.2) is 0 Å². The molecule has 7 heteroatoms. The van der Waals surface area contributed by atoms with Crippen molar-refractivity contribution in [3.63, 3.8) is 0 Å². The van der Waals surface area contributed by atoms with Gasteiger partial charge in [0.1, 0.15) is 11.8 Å². The van der Waals surface area contributed by atoms with Crippen molar-refractivity contribution in [1.82, 2.24) is 10.2 Å². The first-order valence-corrected chi connectivity index (χ1v) is 12.8. The lowest BCUT2D eigenvalue weighted by Gasteiger charge is -2.32. The van der Waals surface area contributed by atoms with E-state index in [-0.39, 0.29) is 24.3 Å². The van der Waals surface area contributed by atoms with Crippen LogP contribution in [-0.4, -0.2) is 29.9 Å². The standard InChI is InChI=1S/C27H29ClN2O3S/c1-33-23-14-8-19(9-15-23)18-30(25(31)17-24-7-4-16-34-24)26(20-10-12-21(28)13-11-20)27(32)29-22-5-2-3-6-22/h4,7-16,22,26H,2-3,5-6,17-18H2,1H3,(H,29,32)/t26-/m0/s1. The molecule has 178 valence electrons. The van der Waals surface area contributed by atoms with Gasteiger partial charge in [-0.1, -0.05) is 54.8 Å². The molecule has 3 aromatic rings. The molecule has 0 radical (unpaired) electrons. The van der Waals surface area contributed by atoms with E-state index in [4.69, 9.17) is 16.3 Å². The summed E-state index contributed by atoms with van der Waals surface area (Å²) >= 11 is 7.68. The second-order valence-electron chi connectivity index (χ2n) is 8.57. The molecule has 0 saturated heterocycles. The van der Waals surface area contributed by atoms with Gasteiger partial charge >= 0.3 is 0 Å². The van der Waals surface area contributed by atoms with Gasteiger partial charge in [0, 0.05) is 22.5 Å². The lowest BCUT2D eigenvalue weighted by molar-refractivity contribution is -0.141. The van der Waals surface area contributed by atoms with Crippen molar-refractivity contribution in [2.24, 2.45) is 0 Å². The monoisotopic (exact) mass is 496 g/mol. The number of hydrogen-bond acceptors (Lipinski definition) is 4. The average Bonchev–Trinajstić information content (AvgIpc) is 3.55. The summed E-state index contributed by atoms with van der Waals surface area (Å²) in [5.74, 6) is 0.496. The highest BCUT2D eigenvalue weighted by Gasteiger charge is 2.33. The maximum atomic E-state index is 13.7. The van der Waals surface area contributed by atoms with Crippen molar-refractivity contribution >= 4 is 34.8 Å². The van der Waals surface area contributed by atoms with Crippen LogP contribution >= 0.6 is 22.9 Å². The summed E-state index contributed by atoms with van der Waals surface area (Å²) in [4.78, 5) is 30.0. The van der Waals surface area contributed by atoms with Crippen LogP contribution in [0.1, 0.15) is 47.7 Å². The van der Waals surface area contributed by atoms with Crippen LogP contribution in [0.5, 0.6) is 5.75 Å². The molecule has 1 heterocycles. The number of halogens is 1. The van der Waals surface area contributed by atoms with Gasteiger partial charge in [-0.2, -0.15) is 0 Å². The molecular formula is C27H29ClN2O3S. The predicted octanol–water partition coefficient (Wildman–Crippen LogP) is 5.78. The minimum atomic E-state index is -0.757. The SMILES string of the molecule is COc1ccc(CN(C(=O)Cc2cccs2)[C@H](C(=O)NC2CCCC2)c2ccc(Cl)cc2)cc1. The lowest BCUT2D eigenvalue weighted by atomic mass is 10.0. The highest BCUT2D eigenvalue weighted by Crippen LogP contribution is 2.28.